The van der Waals surface area contributed by atoms with Crippen LogP contribution in [0, 0.1) is 0 Å². The lowest BCUT2D eigenvalue weighted by Crippen LogP contribution is -2.20. The molecule has 0 aromatic heterocycles. The van der Waals surface area contributed by atoms with E-state index in [4.69, 9.17) is 0 Å². The first-order valence-electron chi connectivity index (χ1n) is 10.7. The van der Waals surface area contributed by atoms with Gasteiger partial charge in [0.1, 0.15) is 0 Å². The van der Waals surface area contributed by atoms with Gasteiger partial charge in [0.15, 0.2) is 0 Å². The summed E-state index contributed by atoms with van der Waals surface area (Å²) in [7, 11) is 0. The maximum Gasteiger partial charge on any atom is 0.259 e. The Kier molecular flexibility index (Phi) is 4.28. The molecule has 2 aliphatic heterocycles. The Hall–Kier alpha value is -4.84. The van der Waals surface area contributed by atoms with Crippen molar-refractivity contribution >= 4 is 23.6 Å². The van der Waals surface area contributed by atoms with Crippen molar-refractivity contribution in [2.75, 3.05) is 0 Å². The third-order valence-corrected chi connectivity index (χ3v) is 6.24. The van der Waals surface area contributed by atoms with Gasteiger partial charge in [-0.05, 0) is 45.5 Å². The molecule has 0 radical (unpaired) electrons. The fraction of sp³-hybridized carbons (Fsp3) is 0. The molecule has 0 bridgehead atoms. The molecule has 162 valence electrons. The van der Waals surface area contributed by atoms with Crippen LogP contribution in [-0.4, -0.2) is 23.6 Å². The van der Waals surface area contributed by atoms with Gasteiger partial charge in [0, 0.05) is 0 Å². The quantitative estimate of drug-likeness (QED) is 0.457. The predicted molar refractivity (Wildman–Crippen MR) is 126 cm³/mol. The van der Waals surface area contributed by atoms with E-state index in [0.29, 0.717) is 44.5 Å². The first-order chi connectivity index (χ1) is 16.5. The second-order valence-electron chi connectivity index (χ2n) is 8.12. The van der Waals surface area contributed by atoms with E-state index in [2.05, 4.69) is 10.6 Å². The van der Waals surface area contributed by atoms with Gasteiger partial charge in [-0.2, -0.15) is 0 Å². The van der Waals surface area contributed by atoms with E-state index in [1.54, 1.807) is 36.4 Å². The van der Waals surface area contributed by atoms with Crippen LogP contribution in [0.3, 0.4) is 0 Å². The van der Waals surface area contributed by atoms with Crippen molar-refractivity contribution in [2.45, 2.75) is 0 Å². The summed E-state index contributed by atoms with van der Waals surface area (Å²) in [5, 5.41) is 4.74. The number of fused-ring (bicyclic) bond motifs is 2. The number of carbonyl (C=O) groups is 4. The van der Waals surface area contributed by atoms with Crippen molar-refractivity contribution in [1.29, 1.82) is 0 Å². The standard InChI is InChI=1S/C28H16N2O4/c31-25-20-13-5-11-18(23(20)27(33)29-25)17-10-4-9-16(15-7-2-1-3-8-15)22(17)19-12-6-14-21-24(19)28(34)30-26(21)32/h1-14H,(H,29,31,33)(H,30,32,34). The third-order valence-electron chi connectivity index (χ3n) is 6.24. The van der Waals surface area contributed by atoms with Crippen molar-refractivity contribution < 1.29 is 19.2 Å². The van der Waals surface area contributed by atoms with Crippen LogP contribution in [-0.2, 0) is 0 Å². The molecule has 0 atom stereocenters. The van der Waals surface area contributed by atoms with Crippen LogP contribution in [0.2, 0.25) is 0 Å². The van der Waals surface area contributed by atoms with E-state index in [1.807, 2.05) is 48.5 Å². The number of amides is 4. The van der Waals surface area contributed by atoms with E-state index in [0.717, 1.165) is 11.1 Å². The number of nitrogens with one attached hydrogen (secondary N) is 2. The van der Waals surface area contributed by atoms with Crippen LogP contribution in [0.5, 0.6) is 0 Å². The van der Waals surface area contributed by atoms with Gasteiger partial charge in [-0.1, -0.05) is 72.8 Å². The SMILES string of the molecule is O=C1NC(=O)c2c1cccc2-c1cccc(-c2ccccc2)c1-c1cccc2c1C(=O)NC2=O. The summed E-state index contributed by atoms with van der Waals surface area (Å²) in [6.07, 6.45) is 0. The molecule has 4 amide bonds. The highest BCUT2D eigenvalue weighted by Gasteiger charge is 2.33. The molecule has 6 rings (SSSR count). The molecule has 6 heteroatoms. The van der Waals surface area contributed by atoms with Gasteiger partial charge in [0.2, 0.25) is 0 Å². The lowest BCUT2D eigenvalue weighted by molar-refractivity contribution is 0.0863. The summed E-state index contributed by atoms with van der Waals surface area (Å²) >= 11 is 0. The van der Waals surface area contributed by atoms with Gasteiger partial charge < -0.3 is 0 Å². The first-order valence-corrected chi connectivity index (χ1v) is 10.7. The van der Waals surface area contributed by atoms with Crippen LogP contribution in [0.1, 0.15) is 41.4 Å². The van der Waals surface area contributed by atoms with Crippen molar-refractivity contribution in [2.24, 2.45) is 0 Å². The zero-order valence-corrected chi connectivity index (χ0v) is 17.7. The molecule has 0 aliphatic carbocycles. The van der Waals surface area contributed by atoms with Gasteiger partial charge in [0.25, 0.3) is 23.6 Å². The van der Waals surface area contributed by atoms with Gasteiger partial charge in [0.05, 0.1) is 22.3 Å². The van der Waals surface area contributed by atoms with E-state index in [1.165, 1.54) is 0 Å². The predicted octanol–water partition coefficient (Wildman–Crippen LogP) is 4.45. The highest BCUT2D eigenvalue weighted by molar-refractivity contribution is 6.26. The Morgan fingerprint density at radius 2 is 0.794 bits per heavy atom. The molecule has 34 heavy (non-hydrogen) atoms. The summed E-state index contributed by atoms with van der Waals surface area (Å²) in [5.74, 6) is -1.80. The zero-order chi connectivity index (χ0) is 23.4. The van der Waals surface area contributed by atoms with Crippen LogP contribution in [0.15, 0.2) is 84.9 Å². The van der Waals surface area contributed by atoms with Gasteiger partial charge in [-0.15, -0.1) is 0 Å². The minimum atomic E-state index is -0.462. The van der Waals surface area contributed by atoms with Crippen LogP contribution >= 0.6 is 0 Å². The van der Waals surface area contributed by atoms with Crippen LogP contribution < -0.4 is 10.6 Å². The fourth-order valence-electron chi connectivity index (χ4n) is 4.80. The van der Waals surface area contributed by atoms with E-state index < -0.39 is 23.6 Å². The van der Waals surface area contributed by atoms with Gasteiger partial charge in [-0.3, -0.25) is 29.8 Å². The third kappa shape index (κ3) is 2.82. The van der Waals surface area contributed by atoms with E-state index >= 15 is 0 Å². The van der Waals surface area contributed by atoms with E-state index in [-0.39, 0.29) is 0 Å². The van der Waals surface area contributed by atoms with Gasteiger partial charge >= 0.3 is 0 Å². The summed E-state index contributed by atoms with van der Waals surface area (Å²) in [4.78, 5) is 50.2. The molecule has 0 fully saturated rings. The average molecular weight is 444 g/mol. The highest BCUT2D eigenvalue weighted by Crippen LogP contribution is 2.44. The lowest BCUT2D eigenvalue weighted by Gasteiger charge is -2.19. The zero-order valence-electron chi connectivity index (χ0n) is 17.7. The second kappa shape index (κ2) is 7.35. The Labute approximate surface area is 194 Å². The Morgan fingerprint density at radius 3 is 1.38 bits per heavy atom. The van der Waals surface area contributed by atoms with Crippen molar-refractivity contribution in [3.63, 3.8) is 0 Å². The smallest absolute Gasteiger partial charge is 0.259 e. The molecule has 0 saturated heterocycles. The van der Waals surface area contributed by atoms with Crippen molar-refractivity contribution in [3.05, 3.63) is 107 Å². The molecular weight excluding hydrogens is 428 g/mol. The Bertz CT molecular complexity index is 1570. The Balaban J connectivity index is 1.73. The molecule has 2 heterocycles. The highest BCUT2D eigenvalue weighted by atomic mass is 16.2. The fourth-order valence-corrected chi connectivity index (χ4v) is 4.80. The Morgan fingerprint density at radius 1 is 0.353 bits per heavy atom. The number of hydrogen-bond acceptors (Lipinski definition) is 4. The summed E-state index contributed by atoms with van der Waals surface area (Å²) in [6, 6.07) is 25.7. The molecular formula is C28H16N2O4. The van der Waals surface area contributed by atoms with Crippen molar-refractivity contribution in [1.82, 2.24) is 10.6 Å². The maximum atomic E-state index is 12.8. The largest absolute Gasteiger partial charge is 0.288 e. The number of benzene rings is 4. The molecule has 6 nitrogen and oxygen atoms in total. The molecule has 0 saturated carbocycles. The van der Waals surface area contributed by atoms with Crippen LogP contribution in [0.4, 0.5) is 0 Å². The van der Waals surface area contributed by atoms with Gasteiger partial charge in [-0.25, -0.2) is 0 Å². The van der Waals surface area contributed by atoms with E-state index in [9.17, 15) is 19.2 Å². The molecule has 2 N–H and O–H groups in total. The molecule has 0 spiro atoms. The summed E-state index contributed by atoms with van der Waals surface area (Å²) in [6.45, 7) is 0. The number of imide groups is 2. The molecule has 4 aromatic carbocycles. The molecule has 2 aliphatic rings. The monoisotopic (exact) mass is 444 g/mol. The summed E-state index contributed by atoms with van der Waals surface area (Å²) in [5.41, 5.74) is 5.51. The lowest BCUT2D eigenvalue weighted by atomic mass is 9.83. The average Bonchev–Trinajstić information content (AvgIpc) is 3.33. The van der Waals surface area contributed by atoms with Crippen LogP contribution in [0.25, 0.3) is 33.4 Å². The number of rotatable bonds is 3. The number of hydrogen-bond donors (Lipinski definition) is 2. The molecule has 4 aromatic rings. The maximum absolute atomic E-state index is 12.8. The number of carbonyl (C=O) groups excluding carboxylic acids is 4. The summed E-state index contributed by atoms with van der Waals surface area (Å²) < 4.78 is 0. The first kappa shape index (κ1) is 19.8. The minimum Gasteiger partial charge on any atom is -0.288 e. The minimum absolute atomic E-state index is 0.297. The topological polar surface area (TPSA) is 92.3 Å². The molecule has 0 unspecified atom stereocenters. The normalized spacial score (nSPS) is 14.0. The second-order valence-corrected chi connectivity index (χ2v) is 8.12. The van der Waals surface area contributed by atoms with Crippen molar-refractivity contribution in [3.8, 4) is 33.4 Å².